The zero-order valence-corrected chi connectivity index (χ0v) is 17.2. The number of ether oxygens (including phenoxy) is 1. The lowest BCUT2D eigenvalue weighted by molar-refractivity contribution is 0.199. The number of guanidine groups is 1. The molecule has 0 aliphatic rings. The van der Waals surface area contributed by atoms with Crippen molar-refractivity contribution >= 4 is 16.8 Å². The van der Waals surface area contributed by atoms with Gasteiger partial charge in [-0.3, -0.25) is 9.20 Å². The van der Waals surface area contributed by atoms with Crippen molar-refractivity contribution in [2.45, 2.75) is 25.2 Å². The number of benzene rings is 2. The first-order chi connectivity index (χ1) is 13.6. The summed E-state index contributed by atoms with van der Waals surface area (Å²) in [6, 6.07) is 15.9. The van der Waals surface area contributed by atoms with E-state index < -0.39 is 10.8 Å². The zero-order chi connectivity index (χ0) is 20.2. The van der Waals surface area contributed by atoms with Gasteiger partial charge in [0, 0.05) is 42.0 Å². The number of hydrogen-bond donors (Lipinski definition) is 2. The molecule has 0 bridgehead atoms. The van der Waals surface area contributed by atoms with Crippen molar-refractivity contribution in [3.63, 3.8) is 0 Å². The monoisotopic (exact) mass is 405 g/mol. The summed E-state index contributed by atoms with van der Waals surface area (Å²) in [6.07, 6.45) is 0.647. The van der Waals surface area contributed by atoms with Crippen LogP contribution in [0.5, 0.6) is 5.75 Å². The topological polar surface area (TPSA) is 62.7 Å². The minimum atomic E-state index is -0.938. The van der Waals surface area contributed by atoms with Crippen LogP contribution in [0.25, 0.3) is 0 Å². The Bertz CT molecular complexity index is 771. The van der Waals surface area contributed by atoms with E-state index in [1.807, 2.05) is 37.3 Å². The minimum absolute atomic E-state index is 0.118. The molecular formula is C21H28FN3O2S. The van der Waals surface area contributed by atoms with Crippen LogP contribution in [0.3, 0.4) is 0 Å². The molecule has 2 unspecified atom stereocenters. The molecule has 0 heterocycles. The quantitative estimate of drug-likeness (QED) is 0.471. The third kappa shape index (κ3) is 8.08. The summed E-state index contributed by atoms with van der Waals surface area (Å²) in [5, 5.41) is 6.37. The normalized spacial score (nSPS) is 13.6. The Kier molecular flexibility index (Phi) is 9.48. The summed E-state index contributed by atoms with van der Waals surface area (Å²) >= 11 is 0. The molecule has 2 aromatic carbocycles. The van der Waals surface area contributed by atoms with Gasteiger partial charge < -0.3 is 15.4 Å². The highest BCUT2D eigenvalue weighted by molar-refractivity contribution is 7.84. The number of hydrogen-bond acceptors (Lipinski definition) is 3. The average Bonchev–Trinajstić information content (AvgIpc) is 2.70. The molecule has 5 nitrogen and oxygen atoms in total. The second-order valence-corrected chi connectivity index (χ2v) is 7.84. The van der Waals surface area contributed by atoms with Crippen LogP contribution in [-0.2, 0) is 16.6 Å². The van der Waals surface area contributed by atoms with Gasteiger partial charge in [0.2, 0.25) is 0 Å². The second-order valence-electron chi connectivity index (χ2n) is 6.26. The van der Waals surface area contributed by atoms with E-state index in [9.17, 15) is 8.60 Å². The van der Waals surface area contributed by atoms with E-state index in [4.69, 9.17) is 4.74 Å². The Labute approximate surface area is 168 Å². The summed E-state index contributed by atoms with van der Waals surface area (Å²) in [5.74, 6) is 1.90. The summed E-state index contributed by atoms with van der Waals surface area (Å²) in [5.41, 5.74) is 1.07. The van der Waals surface area contributed by atoms with Crippen molar-refractivity contribution in [1.82, 2.24) is 10.6 Å². The molecule has 0 saturated heterocycles. The maximum Gasteiger partial charge on any atom is 0.191 e. The van der Waals surface area contributed by atoms with E-state index in [0.29, 0.717) is 36.3 Å². The van der Waals surface area contributed by atoms with Gasteiger partial charge in [-0.1, -0.05) is 43.3 Å². The lowest BCUT2D eigenvalue weighted by atomic mass is 10.2. The van der Waals surface area contributed by atoms with Gasteiger partial charge in [-0.2, -0.15) is 0 Å². The van der Waals surface area contributed by atoms with Gasteiger partial charge in [0.25, 0.3) is 0 Å². The molecule has 0 aromatic heterocycles. The Morgan fingerprint density at radius 2 is 1.96 bits per heavy atom. The highest BCUT2D eigenvalue weighted by atomic mass is 32.2. The predicted octanol–water partition coefficient (Wildman–Crippen LogP) is 3.10. The third-order valence-corrected chi connectivity index (χ3v) is 5.38. The van der Waals surface area contributed by atoms with Gasteiger partial charge in [0.05, 0.1) is 6.54 Å². The Hall–Kier alpha value is -2.41. The van der Waals surface area contributed by atoms with Crippen molar-refractivity contribution in [2.75, 3.05) is 25.9 Å². The number of aliphatic imine (C=N–C) groups is 1. The van der Waals surface area contributed by atoms with Gasteiger partial charge >= 0.3 is 0 Å². The van der Waals surface area contributed by atoms with Crippen molar-refractivity contribution < 1.29 is 13.3 Å². The van der Waals surface area contributed by atoms with Gasteiger partial charge in [0.1, 0.15) is 17.7 Å². The summed E-state index contributed by atoms with van der Waals surface area (Å²) in [7, 11) is 0.747. The smallest absolute Gasteiger partial charge is 0.191 e. The molecule has 2 N–H and O–H groups in total. The van der Waals surface area contributed by atoms with E-state index in [1.54, 1.807) is 19.2 Å². The van der Waals surface area contributed by atoms with Crippen LogP contribution >= 0.6 is 0 Å². The molecule has 0 amide bonds. The fraction of sp³-hybridized carbons (Fsp3) is 0.381. The lowest BCUT2D eigenvalue weighted by Crippen LogP contribution is -2.43. The molecule has 0 spiro atoms. The van der Waals surface area contributed by atoms with Gasteiger partial charge in [-0.05, 0) is 24.1 Å². The first kappa shape index (κ1) is 21.9. The number of nitrogens with zero attached hydrogens (tertiary/aromatic N) is 1. The van der Waals surface area contributed by atoms with Gasteiger partial charge in [-0.15, -0.1) is 0 Å². The van der Waals surface area contributed by atoms with Gasteiger partial charge in [-0.25, -0.2) is 4.39 Å². The molecule has 0 saturated carbocycles. The molecule has 2 rings (SSSR count). The summed E-state index contributed by atoms with van der Waals surface area (Å²) < 4.78 is 31.3. The van der Waals surface area contributed by atoms with Crippen LogP contribution < -0.4 is 15.4 Å². The predicted molar refractivity (Wildman–Crippen MR) is 114 cm³/mol. The SMILES string of the molecule is CCC(CNC(=NC)NCCS(=O)Cc1ccccc1)Oc1cccc(F)c1. The first-order valence-electron chi connectivity index (χ1n) is 9.36. The molecular weight excluding hydrogens is 377 g/mol. The molecule has 0 radical (unpaired) electrons. The van der Waals surface area contributed by atoms with Crippen LogP contribution in [0.1, 0.15) is 18.9 Å². The highest BCUT2D eigenvalue weighted by Crippen LogP contribution is 2.14. The largest absolute Gasteiger partial charge is 0.489 e. The van der Waals surface area contributed by atoms with E-state index in [0.717, 1.165) is 12.0 Å². The molecule has 0 aliphatic carbocycles. The highest BCUT2D eigenvalue weighted by Gasteiger charge is 2.10. The van der Waals surface area contributed by atoms with Crippen molar-refractivity contribution in [1.29, 1.82) is 0 Å². The van der Waals surface area contributed by atoms with Crippen LogP contribution in [0, 0.1) is 5.82 Å². The van der Waals surface area contributed by atoms with E-state index in [1.165, 1.54) is 12.1 Å². The van der Waals surface area contributed by atoms with Crippen LogP contribution in [0.15, 0.2) is 59.6 Å². The average molecular weight is 406 g/mol. The zero-order valence-electron chi connectivity index (χ0n) is 16.4. The van der Waals surface area contributed by atoms with Gasteiger partial charge in [0.15, 0.2) is 5.96 Å². The van der Waals surface area contributed by atoms with Crippen LogP contribution in [0.2, 0.25) is 0 Å². The number of nitrogens with one attached hydrogen (secondary N) is 2. The fourth-order valence-corrected chi connectivity index (χ4v) is 3.59. The molecule has 7 heteroatoms. The Morgan fingerprint density at radius 3 is 2.64 bits per heavy atom. The molecule has 2 aromatic rings. The van der Waals surface area contributed by atoms with Crippen molar-refractivity contribution in [3.8, 4) is 5.75 Å². The third-order valence-electron chi connectivity index (χ3n) is 4.07. The van der Waals surface area contributed by atoms with E-state index in [-0.39, 0.29) is 11.9 Å². The molecule has 152 valence electrons. The molecule has 2 atom stereocenters. The van der Waals surface area contributed by atoms with Crippen molar-refractivity contribution in [2.24, 2.45) is 4.99 Å². The first-order valence-corrected chi connectivity index (χ1v) is 10.8. The van der Waals surface area contributed by atoms with Crippen LogP contribution in [-0.4, -0.2) is 42.2 Å². The van der Waals surface area contributed by atoms with Crippen LogP contribution in [0.4, 0.5) is 4.39 Å². The Balaban J connectivity index is 1.71. The van der Waals surface area contributed by atoms with E-state index in [2.05, 4.69) is 15.6 Å². The maximum absolute atomic E-state index is 13.3. The molecule has 28 heavy (non-hydrogen) atoms. The fourth-order valence-electron chi connectivity index (χ4n) is 2.55. The Morgan fingerprint density at radius 1 is 1.18 bits per heavy atom. The van der Waals surface area contributed by atoms with Crippen molar-refractivity contribution in [3.05, 3.63) is 66.0 Å². The summed E-state index contributed by atoms with van der Waals surface area (Å²) in [6.45, 7) is 3.09. The maximum atomic E-state index is 13.3. The lowest BCUT2D eigenvalue weighted by Gasteiger charge is -2.20. The number of rotatable bonds is 10. The molecule has 0 fully saturated rings. The second kappa shape index (κ2) is 12.1. The minimum Gasteiger partial charge on any atom is -0.489 e. The van der Waals surface area contributed by atoms with E-state index >= 15 is 0 Å². The molecule has 0 aliphatic heterocycles. The number of halogens is 1. The summed E-state index contributed by atoms with van der Waals surface area (Å²) in [4.78, 5) is 4.18. The standard InChI is InChI=1S/C21H28FN3O2S/c1-3-19(27-20-11-7-10-18(22)14-20)15-25-21(23-2)24-12-13-28(26)16-17-8-5-4-6-9-17/h4-11,14,19H,3,12-13,15-16H2,1-2H3,(H2,23,24,25).